The third-order valence-electron chi connectivity index (χ3n) is 0.421. The highest BCUT2D eigenvalue weighted by atomic mass is 16.5. The fraction of sp³-hybridized carbons (Fsp3) is 0.600. The van der Waals surface area contributed by atoms with Gasteiger partial charge in [-0.15, -0.1) is 5.73 Å². The molecule has 0 heterocycles. The van der Waals surface area contributed by atoms with Crippen LogP contribution in [0.15, 0.2) is 0 Å². The number of nitrogens with zero attached hydrogens (tertiary/aromatic N) is 1. The molecule has 2 radical (unpaired) electrons. The van der Waals surface area contributed by atoms with E-state index in [2.05, 4.69) is 16.6 Å². The van der Waals surface area contributed by atoms with E-state index in [9.17, 15) is 0 Å². The third-order valence-corrected chi connectivity index (χ3v) is 0.421. The van der Waals surface area contributed by atoms with Gasteiger partial charge in [-0.05, 0) is 0 Å². The highest BCUT2D eigenvalue weighted by Crippen LogP contribution is 1.58. The molecule has 0 saturated heterocycles. The number of hydrogen-bond donors (Lipinski definition) is 0. The van der Waals surface area contributed by atoms with Crippen molar-refractivity contribution in [3.05, 3.63) is 0 Å². The Morgan fingerprint density at radius 3 is 2.71 bits per heavy atom. The van der Waals surface area contributed by atoms with Gasteiger partial charge in [-0.3, -0.25) is 0 Å². The van der Waals surface area contributed by atoms with Crippen molar-refractivity contribution >= 4 is 0 Å². The standard InChI is InChI=1S/C5H7NO/c1-7-5-3-2-4-6/h4-5H2,1H3. The molecule has 2 nitrogen and oxygen atoms in total. The van der Waals surface area contributed by atoms with Crippen molar-refractivity contribution in [3.8, 4) is 11.8 Å². The Kier molecular flexibility index (Phi) is 5.07. The van der Waals surface area contributed by atoms with Crippen LogP contribution in [0.4, 0.5) is 0 Å². The second-order valence-corrected chi connectivity index (χ2v) is 0.945. The van der Waals surface area contributed by atoms with Gasteiger partial charge in [-0.1, -0.05) is 11.8 Å². The van der Waals surface area contributed by atoms with Crippen LogP contribution in [-0.4, -0.2) is 20.3 Å². The van der Waals surface area contributed by atoms with Gasteiger partial charge < -0.3 is 4.74 Å². The molecule has 0 aromatic rings. The summed E-state index contributed by atoms with van der Waals surface area (Å²) < 4.78 is 4.56. The molecule has 0 aliphatic carbocycles. The largest absolute Gasteiger partial charge is 0.372 e. The quantitative estimate of drug-likeness (QED) is 0.413. The molecule has 0 unspecified atom stereocenters. The van der Waals surface area contributed by atoms with Crippen LogP contribution in [-0.2, 0) is 4.74 Å². The summed E-state index contributed by atoms with van der Waals surface area (Å²) in [5.74, 6) is 4.99. The highest BCUT2D eigenvalue weighted by Gasteiger charge is 1.64. The lowest BCUT2D eigenvalue weighted by atomic mass is 10.6. The molecule has 0 rings (SSSR count). The first-order chi connectivity index (χ1) is 3.41. The Labute approximate surface area is 43.7 Å². The maximum atomic E-state index is 8.06. The maximum absolute atomic E-state index is 8.06. The summed E-state index contributed by atoms with van der Waals surface area (Å²) in [5.41, 5.74) is 8.06. The van der Waals surface area contributed by atoms with Crippen molar-refractivity contribution < 1.29 is 4.74 Å². The molecule has 0 N–H and O–H groups in total. The van der Waals surface area contributed by atoms with Gasteiger partial charge in [0, 0.05) is 7.11 Å². The molecule has 0 aliphatic rings. The third kappa shape index (κ3) is 5.48. The van der Waals surface area contributed by atoms with Gasteiger partial charge in [0.2, 0.25) is 0 Å². The summed E-state index contributed by atoms with van der Waals surface area (Å²) in [6, 6.07) is 0. The van der Waals surface area contributed by atoms with Crippen LogP contribution in [0, 0.1) is 11.8 Å². The van der Waals surface area contributed by atoms with Gasteiger partial charge in [0.1, 0.15) is 6.61 Å². The van der Waals surface area contributed by atoms with Gasteiger partial charge in [-0.2, -0.15) is 0 Å². The minimum atomic E-state index is -0.0800. The van der Waals surface area contributed by atoms with Gasteiger partial charge >= 0.3 is 0 Å². The first-order valence-electron chi connectivity index (χ1n) is 1.97. The molecule has 0 fully saturated rings. The first kappa shape index (κ1) is 6.48. The normalized spacial score (nSPS) is 7.14. The average Bonchev–Trinajstić information content (AvgIpc) is 1.69. The van der Waals surface area contributed by atoms with E-state index in [0.717, 1.165) is 0 Å². The van der Waals surface area contributed by atoms with Crippen molar-refractivity contribution in [3.63, 3.8) is 0 Å². The van der Waals surface area contributed by atoms with Crippen molar-refractivity contribution in [2.45, 2.75) is 0 Å². The van der Waals surface area contributed by atoms with E-state index in [4.69, 9.17) is 5.73 Å². The van der Waals surface area contributed by atoms with E-state index in [1.807, 2.05) is 0 Å². The van der Waals surface area contributed by atoms with Gasteiger partial charge in [0.15, 0.2) is 0 Å². The van der Waals surface area contributed by atoms with Gasteiger partial charge in [0.25, 0.3) is 0 Å². The molecule has 0 spiro atoms. The Morgan fingerprint density at radius 1 is 1.57 bits per heavy atom. The smallest absolute Gasteiger partial charge is 0.107 e. The summed E-state index contributed by atoms with van der Waals surface area (Å²) in [6.07, 6.45) is 0. The lowest BCUT2D eigenvalue weighted by Crippen LogP contribution is -1.82. The molecule has 0 atom stereocenters. The average molecular weight is 97.1 g/mol. The summed E-state index contributed by atoms with van der Waals surface area (Å²) in [4.78, 5) is 0. The molecule has 0 amide bonds. The van der Waals surface area contributed by atoms with Gasteiger partial charge in [-0.25, -0.2) is 0 Å². The Balaban J connectivity index is 2.91. The van der Waals surface area contributed by atoms with Crippen LogP contribution in [0.3, 0.4) is 0 Å². The van der Waals surface area contributed by atoms with Gasteiger partial charge in [0.05, 0.1) is 6.54 Å². The van der Waals surface area contributed by atoms with E-state index < -0.39 is 0 Å². The minimum Gasteiger partial charge on any atom is -0.372 e. The second kappa shape index (κ2) is 5.48. The summed E-state index contributed by atoms with van der Waals surface area (Å²) >= 11 is 0. The Bertz CT molecular complexity index is 79.8. The minimum absolute atomic E-state index is 0.0800. The number of hydrogen-bond acceptors (Lipinski definition) is 1. The number of methoxy groups -OCH3 is 1. The predicted octanol–water partition coefficient (Wildman–Crippen LogP) is -0.295. The Hall–Kier alpha value is -0.520. The van der Waals surface area contributed by atoms with E-state index in [0.29, 0.717) is 6.61 Å². The van der Waals surface area contributed by atoms with Crippen LogP contribution in [0.5, 0.6) is 0 Å². The van der Waals surface area contributed by atoms with Crippen LogP contribution in [0.2, 0.25) is 0 Å². The molecule has 0 saturated carbocycles. The van der Waals surface area contributed by atoms with E-state index in [1.165, 1.54) is 0 Å². The maximum Gasteiger partial charge on any atom is 0.107 e. The topological polar surface area (TPSA) is 31.5 Å². The van der Waals surface area contributed by atoms with E-state index >= 15 is 0 Å². The van der Waals surface area contributed by atoms with E-state index in [1.54, 1.807) is 7.11 Å². The predicted molar refractivity (Wildman–Crippen MR) is 26.7 cm³/mol. The van der Waals surface area contributed by atoms with Crippen LogP contribution >= 0.6 is 0 Å². The zero-order valence-electron chi connectivity index (χ0n) is 4.27. The molecule has 2 heteroatoms. The van der Waals surface area contributed by atoms with Crippen molar-refractivity contribution in [2.24, 2.45) is 0 Å². The molecule has 38 valence electrons. The molecule has 0 aromatic heterocycles. The summed E-state index contributed by atoms with van der Waals surface area (Å²) in [5, 5.41) is 0. The van der Waals surface area contributed by atoms with Crippen molar-refractivity contribution in [2.75, 3.05) is 20.3 Å². The zero-order chi connectivity index (χ0) is 5.54. The highest BCUT2D eigenvalue weighted by molar-refractivity contribution is 4.99. The van der Waals surface area contributed by atoms with E-state index in [-0.39, 0.29) is 6.54 Å². The fourth-order valence-corrected chi connectivity index (χ4v) is 0.179. The second-order valence-electron chi connectivity index (χ2n) is 0.945. The van der Waals surface area contributed by atoms with Crippen molar-refractivity contribution in [1.82, 2.24) is 5.73 Å². The number of rotatable bonds is 1. The molecular weight excluding hydrogens is 90.1 g/mol. The lowest BCUT2D eigenvalue weighted by Gasteiger charge is -1.79. The molecule has 0 bridgehead atoms. The lowest BCUT2D eigenvalue weighted by molar-refractivity contribution is 0.239. The monoisotopic (exact) mass is 97.1 g/mol. The zero-order valence-corrected chi connectivity index (χ0v) is 4.27. The summed E-state index contributed by atoms with van der Waals surface area (Å²) in [7, 11) is 1.56. The van der Waals surface area contributed by atoms with Crippen LogP contribution in [0.1, 0.15) is 0 Å². The molecule has 0 aromatic carbocycles. The molecular formula is C5H7NO. The Morgan fingerprint density at radius 2 is 2.29 bits per heavy atom. The SMILES string of the molecule is COCC#CC[N]. The fourth-order valence-electron chi connectivity index (χ4n) is 0.179. The van der Waals surface area contributed by atoms with Crippen LogP contribution in [0.25, 0.3) is 0 Å². The molecule has 0 aliphatic heterocycles. The van der Waals surface area contributed by atoms with Crippen molar-refractivity contribution in [1.29, 1.82) is 0 Å². The molecule has 7 heavy (non-hydrogen) atoms. The first-order valence-corrected chi connectivity index (χ1v) is 1.97. The summed E-state index contributed by atoms with van der Waals surface area (Å²) in [6.45, 7) is 0.323. The number of ether oxygens (including phenoxy) is 1. The van der Waals surface area contributed by atoms with Crippen LogP contribution < -0.4 is 5.73 Å².